The number of carbonyl (C=O) groups is 1. The van der Waals surface area contributed by atoms with Crippen LogP contribution in [0.3, 0.4) is 0 Å². The van der Waals surface area contributed by atoms with Crippen molar-refractivity contribution in [1.82, 2.24) is 9.47 Å². The third kappa shape index (κ3) is 4.71. The third-order valence-electron chi connectivity index (χ3n) is 5.26. The van der Waals surface area contributed by atoms with Crippen molar-refractivity contribution in [2.45, 2.75) is 33.5 Å². The molecule has 2 heterocycles. The highest BCUT2D eigenvalue weighted by Crippen LogP contribution is 2.17. The molecule has 0 radical (unpaired) electrons. The van der Waals surface area contributed by atoms with Crippen LogP contribution in [0.2, 0.25) is 0 Å². The zero-order valence-electron chi connectivity index (χ0n) is 17.4. The van der Waals surface area contributed by atoms with E-state index in [0.717, 1.165) is 23.6 Å². The number of carbonyl (C=O) groups excluding carboxylic acids is 1. The highest BCUT2D eigenvalue weighted by atomic mass is 16.3. The lowest BCUT2D eigenvalue weighted by atomic mass is 10.1. The van der Waals surface area contributed by atoms with E-state index in [0.29, 0.717) is 18.7 Å². The van der Waals surface area contributed by atoms with E-state index in [1.165, 1.54) is 11.1 Å². The van der Waals surface area contributed by atoms with Crippen LogP contribution in [-0.4, -0.2) is 15.4 Å². The van der Waals surface area contributed by atoms with E-state index in [4.69, 9.17) is 4.42 Å². The third-order valence-corrected chi connectivity index (χ3v) is 5.26. The van der Waals surface area contributed by atoms with Gasteiger partial charge >= 0.3 is 0 Å². The van der Waals surface area contributed by atoms with E-state index in [2.05, 4.69) is 48.0 Å². The van der Waals surface area contributed by atoms with Crippen molar-refractivity contribution in [3.8, 4) is 0 Å². The van der Waals surface area contributed by atoms with Crippen LogP contribution in [0.1, 0.15) is 38.5 Å². The van der Waals surface area contributed by atoms with E-state index >= 15 is 0 Å². The SMILES string of the molecule is Cc1ccc(Cn2cccc2CN(Cc2ccco2)C(=O)c2ccc(C)cc2)cc1. The number of furan rings is 1. The van der Waals surface area contributed by atoms with Crippen molar-refractivity contribution in [2.75, 3.05) is 0 Å². The predicted molar refractivity (Wildman–Crippen MR) is 118 cm³/mol. The van der Waals surface area contributed by atoms with Gasteiger partial charge in [0.25, 0.3) is 5.91 Å². The van der Waals surface area contributed by atoms with E-state index in [1.54, 1.807) is 6.26 Å². The van der Waals surface area contributed by atoms with Gasteiger partial charge in [0.1, 0.15) is 5.76 Å². The zero-order valence-corrected chi connectivity index (χ0v) is 17.4. The summed E-state index contributed by atoms with van der Waals surface area (Å²) in [7, 11) is 0. The fourth-order valence-corrected chi connectivity index (χ4v) is 3.50. The molecular weight excluding hydrogens is 372 g/mol. The van der Waals surface area contributed by atoms with Crippen LogP contribution in [0.5, 0.6) is 0 Å². The van der Waals surface area contributed by atoms with Crippen molar-refractivity contribution in [1.29, 1.82) is 0 Å². The van der Waals surface area contributed by atoms with Gasteiger partial charge in [0.05, 0.1) is 19.4 Å². The average Bonchev–Trinajstić information content (AvgIpc) is 3.42. The molecule has 152 valence electrons. The summed E-state index contributed by atoms with van der Waals surface area (Å²) >= 11 is 0. The van der Waals surface area contributed by atoms with Gasteiger partial charge in [-0.25, -0.2) is 0 Å². The maximum Gasteiger partial charge on any atom is 0.254 e. The van der Waals surface area contributed by atoms with E-state index < -0.39 is 0 Å². The Kier molecular flexibility index (Phi) is 5.84. The highest BCUT2D eigenvalue weighted by molar-refractivity contribution is 5.94. The minimum atomic E-state index is -0.00511. The van der Waals surface area contributed by atoms with Crippen molar-refractivity contribution >= 4 is 5.91 Å². The monoisotopic (exact) mass is 398 g/mol. The van der Waals surface area contributed by atoms with E-state index in [-0.39, 0.29) is 5.91 Å². The van der Waals surface area contributed by atoms with E-state index in [1.807, 2.05) is 54.3 Å². The van der Waals surface area contributed by atoms with Crippen molar-refractivity contribution < 1.29 is 9.21 Å². The second-order valence-corrected chi connectivity index (χ2v) is 7.72. The van der Waals surface area contributed by atoms with Gasteiger partial charge in [-0.15, -0.1) is 0 Å². The molecule has 0 saturated carbocycles. The number of aryl methyl sites for hydroxylation is 2. The normalized spacial score (nSPS) is 10.9. The van der Waals surface area contributed by atoms with Gasteiger partial charge in [0, 0.05) is 24.0 Å². The topological polar surface area (TPSA) is 38.4 Å². The lowest BCUT2D eigenvalue weighted by Crippen LogP contribution is -2.31. The second-order valence-electron chi connectivity index (χ2n) is 7.72. The Balaban J connectivity index is 1.57. The van der Waals surface area contributed by atoms with Gasteiger partial charge in [-0.05, 0) is 55.8 Å². The van der Waals surface area contributed by atoms with Crippen LogP contribution < -0.4 is 0 Å². The Hall–Kier alpha value is -3.53. The lowest BCUT2D eigenvalue weighted by molar-refractivity contribution is 0.0713. The Morgan fingerprint density at radius 1 is 0.867 bits per heavy atom. The van der Waals surface area contributed by atoms with Crippen LogP contribution in [0.15, 0.2) is 89.7 Å². The molecule has 30 heavy (non-hydrogen) atoms. The van der Waals surface area contributed by atoms with Crippen LogP contribution in [-0.2, 0) is 19.6 Å². The summed E-state index contributed by atoms with van der Waals surface area (Å²) in [6.07, 6.45) is 3.71. The standard InChI is InChI=1S/C26H26N2O2/c1-20-7-11-22(12-8-20)17-27-15-3-5-24(27)18-28(19-25-6-4-16-30-25)26(29)23-13-9-21(2)10-14-23/h3-16H,17-19H2,1-2H3. The molecule has 4 heteroatoms. The molecule has 0 bridgehead atoms. The van der Waals surface area contributed by atoms with Gasteiger partial charge in [0.15, 0.2) is 0 Å². The van der Waals surface area contributed by atoms with Gasteiger partial charge in [-0.2, -0.15) is 0 Å². The number of rotatable bonds is 7. The second kappa shape index (κ2) is 8.87. The molecule has 0 spiro atoms. The molecule has 2 aromatic carbocycles. The van der Waals surface area contributed by atoms with Crippen LogP contribution >= 0.6 is 0 Å². The molecule has 0 aliphatic carbocycles. The predicted octanol–water partition coefficient (Wildman–Crippen LogP) is 5.59. The van der Waals surface area contributed by atoms with Gasteiger partial charge in [0.2, 0.25) is 0 Å². The number of hydrogen-bond donors (Lipinski definition) is 0. The summed E-state index contributed by atoms with van der Waals surface area (Å²) in [6, 6.07) is 24.1. The fraction of sp³-hybridized carbons (Fsp3) is 0.192. The highest BCUT2D eigenvalue weighted by Gasteiger charge is 2.19. The van der Waals surface area contributed by atoms with Crippen molar-refractivity contribution in [3.63, 3.8) is 0 Å². The summed E-state index contributed by atoms with van der Waals surface area (Å²) in [5.74, 6) is 0.765. The summed E-state index contributed by atoms with van der Waals surface area (Å²) in [5, 5.41) is 0. The first-order valence-electron chi connectivity index (χ1n) is 10.2. The van der Waals surface area contributed by atoms with Crippen molar-refractivity contribution in [3.05, 3.63) is 119 Å². The number of hydrogen-bond acceptors (Lipinski definition) is 2. The first-order valence-corrected chi connectivity index (χ1v) is 10.2. The Bertz CT molecular complexity index is 1090. The first-order chi connectivity index (χ1) is 14.6. The molecule has 1 amide bonds. The minimum Gasteiger partial charge on any atom is -0.467 e. The average molecular weight is 399 g/mol. The molecule has 0 aliphatic rings. The largest absolute Gasteiger partial charge is 0.467 e. The van der Waals surface area contributed by atoms with E-state index in [9.17, 15) is 4.79 Å². The summed E-state index contributed by atoms with van der Waals surface area (Å²) < 4.78 is 7.72. The molecule has 4 aromatic rings. The minimum absolute atomic E-state index is 0.00511. The smallest absolute Gasteiger partial charge is 0.254 e. The quantitative estimate of drug-likeness (QED) is 0.407. The van der Waals surface area contributed by atoms with Gasteiger partial charge < -0.3 is 13.9 Å². The molecule has 4 rings (SSSR count). The lowest BCUT2D eigenvalue weighted by Gasteiger charge is -2.23. The Labute approximate surface area is 177 Å². The van der Waals surface area contributed by atoms with Crippen LogP contribution in [0.4, 0.5) is 0 Å². The molecule has 0 aliphatic heterocycles. The number of nitrogens with zero attached hydrogens (tertiary/aromatic N) is 2. The molecule has 0 fully saturated rings. The maximum atomic E-state index is 13.3. The molecule has 0 atom stereocenters. The Morgan fingerprint density at radius 3 is 2.23 bits per heavy atom. The molecule has 0 saturated heterocycles. The Morgan fingerprint density at radius 2 is 1.57 bits per heavy atom. The molecule has 0 unspecified atom stereocenters. The number of benzene rings is 2. The summed E-state index contributed by atoms with van der Waals surface area (Å²) in [4.78, 5) is 15.1. The fourth-order valence-electron chi connectivity index (χ4n) is 3.50. The molecule has 4 nitrogen and oxygen atoms in total. The molecule has 0 N–H and O–H groups in total. The maximum absolute atomic E-state index is 13.3. The number of amides is 1. The zero-order chi connectivity index (χ0) is 20.9. The van der Waals surface area contributed by atoms with Crippen LogP contribution in [0.25, 0.3) is 0 Å². The van der Waals surface area contributed by atoms with Gasteiger partial charge in [-0.1, -0.05) is 47.5 Å². The van der Waals surface area contributed by atoms with Crippen molar-refractivity contribution in [2.24, 2.45) is 0 Å². The van der Waals surface area contributed by atoms with Crippen LogP contribution in [0, 0.1) is 13.8 Å². The molecular formula is C26H26N2O2. The summed E-state index contributed by atoms with van der Waals surface area (Å²) in [6.45, 7) is 5.82. The number of aromatic nitrogens is 1. The first kappa shape index (κ1) is 19.8. The molecule has 2 aromatic heterocycles. The summed E-state index contributed by atoms with van der Waals surface area (Å²) in [5.41, 5.74) is 5.39. The van der Waals surface area contributed by atoms with Gasteiger partial charge in [-0.3, -0.25) is 4.79 Å².